The Morgan fingerprint density at radius 3 is 2.17 bits per heavy atom. The van der Waals surface area contributed by atoms with Gasteiger partial charge in [-0.15, -0.1) is 0 Å². The lowest BCUT2D eigenvalue weighted by Crippen LogP contribution is -2.49. The molecule has 0 unspecified atom stereocenters. The van der Waals surface area contributed by atoms with Gasteiger partial charge in [0.25, 0.3) is 0 Å². The summed E-state index contributed by atoms with van der Waals surface area (Å²) in [6, 6.07) is 20.2. The fourth-order valence-corrected chi connectivity index (χ4v) is 5.57. The van der Waals surface area contributed by atoms with Gasteiger partial charge in [0.05, 0.1) is 0 Å². The molecule has 3 aromatic carbocycles. The molecule has 180 valence electrons. The second kappa shape index (κ2) is 9.97. The molecule has 0 bridgehead atoms. The molecule has 2 aliphatic rings. The van der Waals surface area contributed by atoms with Gasteiger partial charge in [-0.1, -0.05) is 54.6 Å². The van der Waals surface area contributed by atoms with E-state index in [-0.39, 0.29) is 12.0 Å². The predicted octanol–water partition coefficient (Wildman–Crippen LogP) is 3.18. The van der Waals surface area contributed by atoms with Gasteiger partial charge in [-0.05, 0) is 51.8 Å². The van der Waals surface area contributed by atoms with Gasteiger partial charge in [0.2, 0.25) is 0 Å². The van der Waals surface area contributed by atoms with Crippen LogP contribution in [0.25, 0.3) is 11.1 Å². The molecule has 0 atom stereocenters. The number of ether oxygens (including phenoxy) is 1. The topological polar surface area (TPSA) is 73.2 Å². The summed E-state index contributed by atoms with van der Waals surface area (Å²) < 4.78 is 5.82. The first-order valence-electron chi connectivity index (χ1n) is 11.9. The third-order valence-electron chi connectivity index (χ3n) is 7.19. The number of piperazine rings is 1. The van der Waals surface area contributed by atoms with Crippen LogP contribution in [0.4, 0.5) is 10.5 Å². The van der Waals surface area contributed by atoms with Gasteiger partial charge in [0, 0.05) is 43.5 Å². The molecule has 1 aliphatic heterocycles. The van der Waals surface area contributed by atoms with Gasteiger partial charge in [-0.3, -0.25) is 0 Å². The Morgan fingerprint density at radius 1 is 1.00 bits per heavy atom. The highest BCUT2D eigenvalue weighted by Crippen LogP contribution is 2.44. The van der Waals surface area contributed by atoms with Crippen molar-refractivity contribution >= 4 is 37.0 Å². The van der Waals surface area contributed by atoms with Crippen LogP contribution in [0.1, 0.15) is 28.2 Å². The number of fused-ring (bicyclic) bond motifs is 3. The predicted molar refractivity (Wildman–Crippen MR) is 143 cm³/mol. The molecule has 0 radical (unpaired) electrons. The fourth-order valence-electron chi connectivity index (χ4n) is 5.24. The maximum Gasteiger partial charge on any atom is 0.488 e. The van der Waals surface area contributed by atoms with Crippen LogP contribution in [0.3, 0.4) is 0 Å². The van der Waals surface area contributed by atoms with E-state index in [1.165, 1.54) is 22.3 Å². The van der Waals surface area contributed by atoms with Crippen molar-refractivity contribution in [3.8, 4) is 11.1 Å². The summed E-state index contributed by atoms with van der Waals surface area (Å²) in [6.45, 7) is 4.70. The van der Waals surface area contributed by atoms with Crippen molar-refractivity contribution in [1.29, 1.82) is 0 Å². The van der Waals surface area contributed by atoms with Crippen LogP contribution >= 0.6 is 12.6 Å². The standard InChI is InChI=1S/C27H29BN2O4S/c1-18-19(17-35)14-20(28(32)33)15-26(18)29-10-12-30(13-11-29)27(31)34-16-25-23-8-4-2-6-21(23)22-7-3-5-9-24(22)25/h2-9,14-15,25,32-33,35H,10-13,16-17H2,1H3. The number of carbonyl (C=O) groups excluding carboxylic acids is 1. The van der Waals surface area contributed by atoms with E-state index in [4.69, 9.17) is 4.74 Å². The molecule has 3 aromatic rings. The number of anilines is 1. The molecule has 1 fully saturated rings. The molecule has 2 N–H and O–H groups in total. The van der Waals surface area contributed by atoms with Gasteiger partial charge < -0.3 is 24.6 Å². The first-order chi connectivity index (χ1) is 17.0. The van der Waals surface area contributed by atoms with E-state index in [1.807, 2.05) is 37.3 Å². The fraction of sp³-hybridized carbons (Fsp3) is 0.296. The number of hydrogen-bond acceptors (Lipinski definition) is 6. The van der Waals surface area contributed by atoms with E-state index in [0.717, 1.165) is 16.8 Å². The van der Waals surface area contributed by atoms with Crippen molar-refractivity contribution in [3.63, 3.8) is 0 Å². The molecule has 8 heteroatoms. The van der Waals surface area contributed by atoms with Gasteiger partial charge in [0.1, 0.15) is 6.61 Å². The molecular formula is C27H29BN2O4S. The average Bonchev–Trinajstić information content (AvgIpc) is 3.21. The minimum Gasteiger partial charge on any atom is -0.448 e. The molecule has 1 saturated heterocycles. The molecule has 5 rings (SSSR count). The Morgan fingerprint density at radius 2 is 1.60 bits per heavy atom. The van der Waals surface area contributed by atoms with E-state index in [1.54, 1.807) is 11.0 Å². The molecule has 6 nitrogen and oxygen atoms in total. The van der Waals surface area contributed by atoms with Gasteiger partial charge in [0.15, 0.2) is 0 Å². The smallest absolute Gasteiger partial charge is 0.448 e. The SMILES string of the molecule is Cc1c(CS)cc(B(O)O)cc1N1CCN(C(=O)OCC2c3ccccc3-c3ccccc32)CC1. The third-order valence-corrected chi connectivity index (χ3v) is 7.53. The zero-order valence-corrected chi connectivity index (χ0v) is 20.6. The van der Waals surface area contributed by atoms with Crippen LogP contribution < -0.4 is 10.4 Å². The Balaban J connectivity index is 1.24. The first kappa shape index (κ1) is 23.8. The summed E-state index contributed by atoms with van der Waals surface area (Å²) in [5.74, 6) is 0.557. The molecule has 1 heterocycles. The van der Waals surface area contributed by atoms with E-state index in [9.17, 15) is 14.8 Å². The van der Waals surface area contributed by atoms with E-state index >= 15 is 0 Å². The van der Waals surface area contributed by atoms with E-state index in [0.29, 0.717) is 44.0 Å². The van der Waals surface area contributed by atoms with Crippen molar-refractivity contribution in [1.82, 2.24) is 4.90 Å². The number of benzene rings is 3. The Labute approximate surface area is 211 Å². The summed E-state index contributed by atoms with van der Waals surface area (Å²) in [4.78, 5) is 16.9. The Kier molecular flexibility index (Phi) is 6.78. The van der Waals surface area contributed by atoms with Crippen LogP contribution in [-0.2, 0) is 10.5 Å². The third kappa shape index (κ3) is 4.54. The number of carbonyl (C=O) groups is 1. The molecular weight excluding hydrogens is 459 g/mol. The lowest BCUT2D eigenvalue weighted by atomic mass is 9.78. The van der Waals surface area contributed by atoms with Crippen molar-refractivity contribution < 1.29 is 19.6 Å². The van der Waals surface area contributed by atoms with Crippen molar-refractivity contribution in [2.45, 2.75) is 18.6 Å². The minimum atomic E-state index is -1.53. The van der Waals surface area contributed by atoms with Crippen LogP contribution in [0.5, 0.6) is 0 Å². The quantitative estimate of drug-likeness (QED) is 0.380. The van der Waals surface area contributed by atoms with Crippen molar-refractivity contribution in [2.24, 2.45) is 0 Å². The number of amides is 1. The highest BCUT2D eigenvalue weighted by Gasteiger charge is 2.30. The highest BCUT2D eigenvalue weighted by molar-refractivity contribution is 7.79. The zero-order chi connectivity index (χ0) is 24.5. The zero-order valence-electron chi connectivity index (χ0n) is 19.7. The lowest BCUT2D eigenvalue weighted by Gasteiger charge is -2.37. The van der Waals surface area contributed by atoms with Crippen LogP contribution in [0.15, 0.2) is 60.7 Å². The second-order valence-electron chi connectivity index (χ2n) is 9.13. The van der Waals surface area contributed by atoms with Crippen LogP contribution in [0, 0.1) is 6.92 Å². The summed E-state index contributed by atoms with van der Waals surface area (Å²) in [5, 5.41) is 19.4. The summed E-state index contributed by atoms with van der Waals surface area (Å²) >= 11 is 4.39. The normalized spacial score (nSPS) is 15.1. The van der Waals surface area contributed by atoms with E-state index < -0.39 is 7.12 Å². The highest BCUT2D eigenvalue weighted by atomic mass is 32.1. The Hall–Kier alpha value is -2.94. The second-order valence-corrected chi connectivity index (χ2v) is 9.45. The summed E-state index contributed by atoms with van der Waals surface area (Å²) in [5.41, 5.74) is 8.26. The molecule has 0 saturated carbocycles. The average molecular weight is 488 g/mol. The maximum absolute atomic E-state index is 12.9. The molecule has 0 spiro atoms. The molecule has 35 heavy (non-hydrogen) atoms. The van der Waals surface area contributed by atoms with Gasteiger partial charge in [-0.25, -0.2) is 4.79 Å². The number of nitrogens with zero attached hydrogens (tertiary/aromatic N) is 2. The van der Waals surface area contributed by atoms with Crippen LogP contribution in [0.2, 0.25) is 0 Å². The monoisotopic (exact) mass is 488 g/mol. The molecule has 1 amide bonds. The lowest BCUT2D eigenvalue weighted by molar-refractivity contribution is 0.0977. The van der Waals surface area contributed by atoms with Crippen molar-refractivity contribution in [2.75, 3.05) is 37.7 Å². The maximum atomic E-state index is 12.9. The molecule has 0 aromatic heterocycles. The van der Waals surface area contributed by atoms with Crippen molar-refractivity contribution in [3.05, 3.63) is 82.9 Å². The molecule has 1 aliphatic carbocycles. The summed E-state index contributed by atoms with van der Waals surface area (Å²) in [7, 11) is -1.53. The number of hydrogen-bond donors (Lipinski definition) is 3. The summed E-state index contributed by atoms with van der Waals surface area (Å²) in [6.07, 6.45) is -0.293. The number of rotatable bonds is 5. The van der Waals surface area contributed by atoms with E-state index in [2.05, 4.69) is 41.8 Å². The Bertz CT molecular complexity index is 1200. The minimum absolute atomic E-state index is 0.0441. The van der Waals surface area contributed by atoms with Gasteiger partial charge >= 0.3 is 13.2 Å². The largest absolute Gasteiger partial charge is 0.488 e. The van der Waals surface area contributed by atoms with Gasteiger partial charge in [-0.2, -0.15) is 12.6 Å². The van der Waals surface area contributed by atoms with Crippen LogP contribution in [-0.4, -0.2) is 60.9 Å². The number of thiol groups is 1. The first-order valence-corrected chi connectivity index (χ1v) is 12.6.